The molecule has 6 heteroatoms. The topological polar surface area (TPSA) is 62.3 Å². The molecule has 2 amide bonds. The van der Waals surface area contributed by atoms with Gasteiger partial charge in [-0.2, -0.15) is 0 Å². The SMILES string of the molecule is Cc1cc(C)cc(NC(=O)CCN2C(=O)c3ccccc3Sc3ncccc32)c1. The van der Waals surface area contributed by atoms with Gasteiger partial charge < -0.3 is 10.2 Å². The molecular weight excluding hydrogens is 382 g/mol. The number of amides is 2. The van der Waals surface area contributed by atoms with Crippen LogP contribution in [0.4, 0.5) is 11.4 Å². The van der Waals surface area contributed by atoms with Crippen LogP contribution in [-0.4, -0.2) is 23.3 Å². The number of aryl methyl sites for hydroxylation is 2. The summed E-state index contributed by atoms with van der Waals surface area (Å²) < 4.78 is 0. The number of nitrogens with one attached hydrogen (secondary N) is 1. The van der Waals surface area contributed by atoms with Crippen molar-refractivity contribution in [3.8, 4) is 0 Å². The number of hydrogen-bond acceptors (Lipinski definition) is 4. The maximum Gasteiger partial charge on any atom is 0.259 e. The summed E-state index contributed by atoms with van der Waals surface area (Å²) in [6.45, 7) is 4.28. The van der Waals surface area contributed by atoms with Gasteiger partial charge >= 0.3 is 0 Å². The van der Waals surface area contributed by atoms with Crippen LogP contribution in [0.5, 0.6) is 0 Å². The van der Waals surface area contributed by atoms with Crippen molar-refractivity contribution in [2.75, 3.05) is 16.8 Å². The molecule has 0 unspecified atom stereocenters. The van der Waals surface area contributed by atoms with Gasteiger partial charge in [0, 0.05) is 29.7 Å². The summed E-state index contributed by atoms with van der Waals surface area (Å²) >= 11 is 1.48. The lowest BCUT2D eigenvalue weighted by molar-refractivity contribution is -0.116. The fourth-order valence-corrected chi connectivity index (χ4v) is 4.48. The maximum atomic E-state index is 13.2. The van der Waals surface area contributed by atoms with Gasteiger partial charge in [-0.25, -0.2) is 4.98 Å². The molecule has 1 N–H and O–H groups in total. The highest BCUT2D eigenvalue weighted by Crippen LogP contribution is 2.39. The van der Waals surface area contributed by atoms with Crippen molar-refractivity contribution in [1.82, 2.24) is 4.98 Å². The molecule has 146 valence electrons. The first-order valence-corrected chi connectivity index (χ1v) is 10.2. The van der Waals surface area contributed by atoms with E-state index in [0.717, 1.165) is 32.4 Å². The average Bonchev–Trinajstić information content (AvgIpc) is 2.80. The predicted octanol–water partition coefficient (Wildman–Crippen LogP) is 4.84. The monoisotopic (exact) mass is 403 g/mol. The Labute approximate surface area is 174 Å². The molecule has 0 spiro atoms. The van der Waals surface area contributed by atoms with Crippen molar-refractivity contribution in [1.29, 1.82) is 0 Å². The number of carbonyl (C=O) groups is 2. The number of nitrogens with zero attached hydrogens (tertiary/aromatic N) is 2. The number of aromatic nitrogens is 1. The van der Waals surface area contributed by atoms with Crippen molar-refractivity contribution >= 4 is 35.0 Å². The second kappa shape index (κ2) is 8.09. The van der Waals surface area contributed by atoms with Crippen LogP contribution >= 0.6 is 11.8 Å². The summed E-state index contributed by atoms with van der Waals surface area (Å²) in [6, 6.07) is 17.1. The van der Waals surface area contributed by atoms with E-state index >= 15 is 0 Å². The third-order valence-corrected chi connectivity index (χ3v) is 5.76. The van der Waals surface area contributed by atoms with Crippen LogP contribution in [-0.2, 0) is 4.79 Å². The number of rotatable bonds is 4. The van der Waals surface area contributed by atoms with Gasteiger partial charge in [0.25, 0.3) is 5.91 Å². The summed E-state index contributed by atoms with van der Waals surface area (Å²) in [7, 11) is 0. The van der Waals surface area contributed by atoms with E-state index < -0.39 is 0 Å². The van der Waals surface area contributed by atoms with E-state index in [1.54, 1.807) is 11.1 Å². The van der Waals surface area contributed by atoms with E-state index in [-0.39, 0.29) is 24.8 Å². The largest absolute Gasteiger partial charge is 0.326 e. The first kappa shape index (κ1) is 19.2. The molecule has 2 aromatic carbocycles. The average molecular weight is 404 g/mol. The predicted molar refractivity (Wildman–Crippen MR) is 116 cm³/mol. The Kier molecular flexibility index (Phi) is 5.36. The number of hydrogen-bond donors (Lipinski definition) is 1. The Morgan fingerprint density at radius 1 is 1.07 bits per heavy atom. The van der Waals surface area contributed by atoms with Crippen molar-refractivity contribution in [2.24, 2.45) is 0 Å². The van der Waals surface area contributed by atoms with Crippen molar-refractivity contribution in [3.05, 3.63) is 77.5 Å². The molecule has 1 aromatic heterocycles. The van der Waals surface area contributed by atoms with Gasteiger partial charge in [-0.3, -0.25) is 9.59 Å². The van der Waals surface area contributed by atoms with Gasteiger partial charge in [0.1, 0.15) is 5.03 Å². The summed E-state index contributed by atoms with van der Waals surface area (Å²) in [5, 5.41) is 3.70. The second-order valence-corrected chi connectivity index (χ2v) is 8.09. The van der Waals surface area contributed by atoms with Gasteiger partial charge in [0.15, 0.2) is 0 Å². The number of fused-ring (bicyclic) bond motifs is 2. The van der Waals surface area contributed by atoms with E-state index in [0.29, 0.717) is 5.56 Å². The first-order valence-electron chi connectivity index (χ1n) is 9.43. The Balaban J connectivity index is 1.55. The molecule has 0 atom stereocenters. The zero-order valence-electron chi connectivity index (χ0n) is 16.3. The van der Waals surface area contributed by atoms with E-state index in [1.807, 2.05) is 62.4 Å². The van der Waals surface area contributed by atoms with Crippen LogP contribution in [0.15, 0.2) is 70.7 Å². The Bertz CT molecular complexity index is 1080. The highest BCUT2D eigenvalue weighted by atomic mass is 32.2. The molecule has 0 radical (unpaired) electrons. The van der Waals surface area contributed by atoms with Crippen LogP contribution in [0.3, 0.4) is 0 Å². The first-order chi connectivity index (χ1) is 14.0. The molecule has 0 bridgehead atoms. The summed E-state index contributed by atoms with van der Waals surface area (Å²) in [6.07, 6.45) is 1.91. The van der Waals surface area contributed by atoms with Crippen molar-refractivity contribution in [3.63, 3.8) is 0 Å². The molecule has 1 aliphatic rings. The van der Waals surface area contributed by atoms with Gasteiger partial charge in [-0.15, -0.1) is 0 Å². The zero-order valence-corrected chi connectivity index (χ0v) is 17.1. The molecule has 4 rings (SSSR count). The number of benzene rings is 2. The van der Waals surface area contributed by atoms with Gasteiger partial charge in [0.05, 0.1) is 11.3 Å². The minimum Gasteiger partial charge on any atom is -0.326 e. The molecule has 3 aromatic rings. The standard InChI is InChI=1S/C23H21N3O2S/c1-15-12-16(2)14-17(13-15)25-21(27)9-11-26-19-7-5-10-24-22(19)29-20-8-4-3-6-18(20)23(26)28/h3-8,10,12-14H,9,11H2,1-2H3,(H,25,27). The van der Waals surface area contributed by atoms with Gasteiger partial charge in [-0.1, -0.05) is 30.0 Å². The minimum atomic E-state index is -0.126. The highest BCUT2D eigenvalue weighted by Gasteiger charge is 2.28. The van der Waals surface area contributed by atoms with Gasteiger partial charge in [0.2, 0.25) is 5.91 Å². The summed E-state index contributed by atoms with van der Waals surface area (Å²) in [5.74, 6) is -0.238. The van der Waals surface area contributed by atoms with E-state index in [9.17, 15) is 9.59 Å². The minimum absolute atomic E-state index is 0.112. The molecule has 29 heavy (non-hydrogen) atoms. The van der Waals surface area contributed by atoms with Crippen LogP contribution < -0.4 is 10.2 Å². The zero-order chi connectivity index (χ0) is 20.4. The maximum absolute atomic E-state index is 13.2. The van der Waals surface area contributed by atoms with Gasteiger partial charge in [-0.05, 0) is 61.4 Å². The molecule has 2 heterocycles. The fourth-order valence-electron chi connectivity index (χ4n) is 3.46. The van der Waals surface area contributed by atoms with Crippen LogP contribution in [0.25, 0.3) is 0 Å². The van der Waals surface area contributed by atoms with E-state index in [2.05, 4.69) is 16.4 Å². The molecule has 1 aliphatic heterocycles. The van der Waals surface area contributed by atoms with Crippen molar-refractivity contribution < 1.29 is 9.59 Å². The number of anilines is 2. The smallest absolute Gasteiger partial charge is 0.259 e. The van der Waals surface area contributed by atoms with Crippen LogP contribution in [0.1, 0.15) is 27.9 Å². The third-order valence-electron chi connectivity index (χ3n) is 4.68. The fraction of sp³-hybridized carbons (Fsp3) is 0.174. The molecular formula is C23H21N3O2S. The summed E-state index contributed by atoms with van der Waals surface area (Å²) in [5.41, 5.74) is 4.33. The molecule has 0 saturated carbocycles. The lowest BCUT2D eigenvalue weighted by Crippen LogP contribution is -2.34. The van der Waals surface area contributed by atoms with Crippen molar-refractivity contribution in [2.45, 2.75) is 30.2 Å². The Morgan fingerprint density at radius 3 is 2.62 bits per heavy atom. The van der Waals surface area contributed by atoms with Crippen LogP contribution in [0.2, 0.25) is 0 Å². The molecule has 5 nitrogen and oxygen atoms in total. The quantitative estimate of drug-likeness (QED) is 0.677. The molecule has 0 aliphatic carbocycles. The van der Waals surface area contributed by atoms with Crippen LogP contribution in [0, 0.1) is 13.8 Å². The van der Waals surface area contributed by atoms with E-state index in [4.69, 9.17) is 0 Å². The Morgan fingerprint density at radius 2 is 1.83 bits per heavy atom. The van der Waals surface area contributed by atoms with E-state index in [1.165, 1.54) is 11.8 Å². The highest BCUT2D eigenvalue weighted by molar-refractivity contribution is 7.99. The molecule has 0 fully saturated rings. The summed E-state index contributed by atoms with van der Waals surface area (Å²) in [4.78, 5) is 32.7. The lowest BCUT2D eigenvalue weighted by Gasteiger charge is -2.22. The lowest BCUT2D eigenvalue weighted by atomic mass is 10.1. The number of carbonyl (C=O) groups excluding carboxylic acids is 2. The Hall–Kier alpha value is -3.12. The normalized spacial score (nSPS) is 12.8. The number of pyridine rings is 1. The second-order valence-electron chi connectivity index (χ2n) is 7.06. The molecule has 0 saturated heterocycles. The third kappa shape index (κ3) is 4.17.